The highest BCUT2D eigenvalue weighted by Gasteiger charge is 2.31. The molecule has 0 atom stereocenters. The van der Waals surface area contributed by atoms with Crippen LogP contribution in [0.1, 0.15) is 28.8 Å². The fourth-order valence-electron chi connectivity index (χ4n) is 2.76. The van der Waals surface area contributed by atoms with E-state index in [0.29, 0.717) is 30.1 Å². The van der Waals surface area contributed by atoms with Gasteiger partial charge in [0.1, 0.15) is 18.3 Å². The number of nitrogens with one attached hydrogen (secondary N) is 1. The van der Waals surface area contributed by atoms with Crippen molar-refractivity contribution in [2.75, 3.05) is 25.2 Å². The van der Waals surface area contributed by atoms with Crippen LogP contribution in [-0.2, 0) is 11.3 Å². The molecule has 0 radical (unpaired) electrons. The quantitative estimate of drug-likeness (QED) is 0.834. The zero-order valence-electron chi connectivity index (χ0n) is 15.0. The largest absolute Gasteiger partial charge is 0.573 e. The molecule has 1 fully saturated rings. The van der Waals surface area contributed by atoms with Crippen LogP contribution < -0.4 is 10.1 Å². The van der Waals surface area contributed by atoms with E-state index in [9.17, 15) is 18.0 Å². The van der Waals surface area contributed by atoms with Crippen molar-refractivity contribution in [1.82, 2.24) is 9.88 Å². The zero-order valence-corrected chi connectivity index (χ0v) is 15.0. The highest BCUT2D eigenvalue weighted by molar-refractivity contribution is 5.94. The van der Waals surface area contributed by atoms with Gasteiger partial charge in [0.15, 0.2) is 0 Å². The minimum absolute atomic E-state index is 0.141. The van der Waals surface area contributed by atoms with Gasteiger partial charge in [0, 0.05) is 25.9 Å². The van der Waals surface area contributed by atoms with E-state index in [2.05, 4.69) is 15.0 Å². The summed E-state index contributed by atoms with van der Waals surface area (Å²) in [6.45, 7) is 1.83. The van der Waals surface area contributed by atoms with Gasteiger partial charge in [0.2, 0.25) is 0 Å². The normalized spacial score (nSPS) is 15.0. The SMILES string of the molecule is O=C(c1ccc(NCc2cccc(OC(F)(F)F)c2)nc1)N1CCCCOC1. The number of carbonyl (C=O) groups excluding carboxylic acids is 1. The molecule has 3 rings (SSSR count). The van der Waals surface area contributed by atoms with Gasteiger partial charge in [-0.05, 0) is 42.7 Å². The summed E-state index contributed by atoms with van der Waals surface area (Å²) >= 11 is 0. The molecule has 28 heavy (non-hydrogen) atoms. The number of rotatable bonds is 5. The van der Waals surface area contributed by atoms with Crippen LogP contribution in [0, 0.1) is 0 Å². The maximum Gasteiger partial charge on any atom is 0.573 e. The lowest BCUT2D eigenvalue weighted by Crippen LogP contribution is -2.32. The fraction of sp³-hybridized carbons (Fsp3) is 0.368. The summed E-state index contributed by atoms with van der Waals surface area (Å²) < 4.78 is 46.2. The first kappa shape index (κ1) is 19.9. The molecule has 9 heteroatoms. The molecule has 150 valence electrons. The first-order valence-corrected chi connectivity index (χ1v) is 8.82. The van der Waals surface area contributed by atoms with Crippen LogP contribution in [0.5, 0.6) is 5.75 Å². The summed E-state index contributed by atoms with van der Waals surface area (Å²) in [5.41, 5.74) is 1.06. The van der Waals surface area contributed by atoms with Gasteiger partial charge in [-0.2, -0.15) is 0 Å². The Morgan fingerprint density at radius 2 is 2.11 bits per heavy atom. The molecule has 1 amide bonds. The lowest BCUT2D eigenvalue weighted by Gasteiger charge is -2.19. The molecule has 1 aromatic carbocycles. The van der Waals surface area contributed by atoms with Crippen molar-refractivity contribution in [3.63, 3.8) is 0 Å². The summed E-state index contributed by atoms with van der Waals surface area (Å²) in [4.78, 5) is 18.3. The van der Waals surface area contributed by atoms with E-state index in [-0.39, 0.29) is 24.9 Å². The second kappa shape index (κ2) is 8.92. The Morgan fingerprint density at radius 1 is 1.25 bits per heavy atom. The number of halogens is 3. The van der Waals surface area contributed by atoms with Crippen LogP contribution in [0.15, 0.2) is 42.6 Å². The van der Waals surface area contributed by atoms with E-state index in [1.807, 2.05) is 0 Å². The Bertz CT molecular complexity index is 789. The molecule has 1 aromatic heterocycles. The van der Waals surface area contributed by atoms with Crippen molar-refractivity contribution >= 4 is 11.7 Å². The van der Waals surface area contributed by atoms with Gasteiger partial charge in [-0.25, -0.2) is 4.98 Å². The molecule has 0 saturated carbocycles. The first-order valence-electron chi connectivity index (χ1n) is 8.82. The van der Waals surface area contributed by atoms with E-state index < -0.39 is 6.36 Å². The number of aromatic nitrogens is 1. The van der Waals surface area contributed by atoms with Gasteiger partial charge in [-0.1, -0.05) is 12.1 Å². The van der Waals surface area contributed by atoms with E-state index >= 15 is 0 Å². The number of amides is 1. The number of ether oxygens (including phenoxy) is 2. The summed E-state index contributed by atoms with van der Waals surface area (Å²) in [6.07, 6.45) is -1.43. The molecule has 1 N–H and O–H groups in total. The molecule has 0 spiro atoms. The molecule has 2 aromatic rings. The summed E-state index contributed by atoms with van der Waals surface area (Å²) in [7, 11) is 0. The second-order valence-corrected chi connectivity index (χ2v) is 6.29. The number of anilines is 1. The molecule has 1 saturated heterocycles. The van der Waals surface area contributed by atoms with Gasteiger partial charge >= 0.3 is 6.36 Å². The third-order valence-corrected chi connectivity index (χ3v) is 4.12. The number of pyridine rings is 1. The summed E-state index contributed by atoms with van der Waals surface area (Å²) in [5.74, 6) is 0.0872. The standard InChI is InChI=1S/C19H20F3N3O3/c20-19(21,22)28-16-5-3-4-14(10-16)11-23-17-7-6-15(12-24-17)18(26)25-8-1-2-9-27-13-25/h3-7,10,12H,1-2,8-9,11,13H2,(H,23,24). The monoisotopic (exact) mass is 395 g/mol. The Labute approximate surface area is 160 Å². The summed E-state index contributed by atoms with van der Waals surface area (Å²) in [6, 6.07) is 9.01. The number of alkyl halides is 3. The molecule has 0 bridgehead atoms. The van der Waals surface area contributed by atoms with Crippen molar-refractivity contribution in [2.24, 2.45) is 0 Å². The number of nitrogens with zero attached hydrogens (tertiary/aromatic N) is 2. The van der Waals surface area contributed by atoms with E-state index in [1.54, 1.807) is 23.1 Å². The molecular weight excluding hydrogens is 375 g/mol. The highest BCUT2D eigenvalue weighted by Crippen LogP contribution is 2.23. The predicted octanol–water partition coefficient (Wildman–Crippen LogP) is 3.80. The predicted molar refractivity (Wildman–Crippen MR) is 95.8 cm³/mol. The minimum atomic E-state index is -4.73. The molecule has 6 nitrogen and oxygen atoms in total. The van der Waals surface area contributed by atoms with Crippen LogP contribution >= 0.6 is 0 Å². The average Bonchev–Trinajstić information content (AvgIpc) is 2.95. The van der Waals surface area contributed by atoms with Crippen molar-refractivity contribution < 1.29 is 27.4 Å². The smallest absolute Gasteiger partial charge is 0.406 e. The fourth-order valence-corrected chi connectivity index (χ4v) is 2.76. The molecule has 2 heterocycles. The Morgan fingerprint density at radius 3 is 2.86 bits per heavy atom. The van der Waals surface area contributed by atoms with Gasteiger partial charge in [0.25, 0.3) is 5.91 Å². The Balaban J connectivity index is 1.57. The first-order chi connectivity index (χ1) is 13.4. The number of hydrogen-bond acceptors (Lipinski definition) is 5. The van der Waals surface area contributed by atoms with Gasteiger partial charge in [-0.3, -0.25) is 4.79 Å². The third-order valence-electron chi connectivity index (χ3n) is 4.12. The van der Waals surface area contributed by atoms with Crippen molar-refractivity contribution in [1.29, 1.82) is 0 Å². The van der Waals surface area contributed by atoms with Crippen LogP contribution in [0.4, 0.5) is 19.0 Å². The van der Waals surface area contributed by atoms with Crippen LogP contribution in [-0.4, -0.2) is 42.0 Å². The number of hydrogen-bond donors (Lipinski definition) is 1. The lowest BCUT2D eigenvalue weighted by molar-refractivity contribution is -0.274. The van der Waals surface area contributed by atoms with Crippen molar-refractivity contribution in [3.8, 4) is 5.75 Å². The Kier molecular flexibility index (Phi) is 6.35. The zero-order chi connectivity index (χ0) is 20.0. The van der Waals surface area contributed by atoms with Crippen LogP contribution in [0.25, 0.3) is 0 Å². The van der Waals surface area contributed by atoms with E-state index in [0.717, 1.165) is 12.8 Å². The van der Waals surface area contributed by atoms with Crippen LogP contribution in [0.3, 0.4) is 0 Å². The lowest BCUT2D eigenvalue weighted by atomic mass is 10.2. The van der Waals surface area contributed by atoms with Gasteiger partial charge < -0.3 is 19.7 Å². The number of carbonyl (C=O) groups is 1. The Hall–Kier alpha value is -2.81. The van der Waals surface area contributed by atoms with Crippen molar-refractivity contribution in [3.05, 3.63) is 53.7 Å². The third kappa shape index (κ3) is 5.85. The molecule has 1 aliphatic heterocycles. The maximum atomic E-state index is 12.5. The topological polar surface area (TPSA) is 63.7 Å². The average molecular weight is 395 g/mol. The molecule has 0 aliphatic carbocycles. The minimum Gasteiger partial charge on any atom is -0.406 e. The van der Waals surface area contributed by atoms with Crippen LogP contribution in [0.2, 0.25) is 0 Å². The molecule has 1 aliphatic rings. The van der Waals surface area contributed by atoms with E-state index in [4.69, 9.17) is 4.74 Å². The summed E-state index contributed by atoms with van der Waals surface area (Å²) in [5, 5.41) is 3.01. The maximum absolute atomic E-state index is 12.5. The molecular formula is C19H20F3N3O3. The van der Waals surface area contributed by atoms with Crippen molar-refractivity contribution in [2.45, 2.75) is 25.7 Å². The van der Waals surface area contributed by atoms with Gasteiger partial charge in [-0.15, -0.1) is 13.2 Å². The van der Waals surface area contributed by atoms with Gasteiger partial charge in [0.05, 0.1) is 5.56 Å². The highest BCUT2D eigenvalue weighted by atomic mass is 19.4. The van der Waals surface area contributed by atoms with E-state index in [1.165, 1.54) is 24.4 Å². The second-order valence-electron chi connectivity index (χ2n) is 6.29. The number of benzene rings is 1. The molecule has 0 unspecified atom stereocenters.